The molecule has 1 aromatic rings. The molecule has 0 radical (unpaired) electrons. The third-order valence-corrected chi connectivity index (χ3v) is 4.79. The highest BCUT2D eigenvalue weighted by molar-refractivity contribution is 7.13. The zero-order valence-electron chi connectivity index (χ0n) is 13.9. The van der Waals surface area contributed by atoms with Gasteiger partial charge in [-0.15, -0.1) is 11.3 Å². The fourth-order valence-electron chi connectivity index (χ4n) is 2.74. The molecule has 6 heteroatoms. The molecule has 2 N–H and O–H groups in total. The van der Waals surface area contributed by atoms with E-state index in [0.717, 1.165) is 25.0 Å². The van der Waals surface area contributed by atoms with Crippen LogP contribution in [0.5, 0.6) is 0 Å². The van der Waals surface area contributed by atoms with Crippen molar-refractivity contribution in [3.05, 3.63) is 11.1 Å². The second kappa shape index (κ2) is 6.96. The van der Waals surface area contributed by atoms with Crippen molar-refractivity contribution in [3.63, 3.8) is 0 Å². The number of hydrogen-bond acceptors (Lipinski definition) is 4. The van der Waals surface area contributed by atoms with Crippen molar-refractivity contribution in [3.8, 4) is 0 Å². The summed E-state index contributed by atoms with van der Waals surface area (Å²) >= 11 is 1.48. The first-order valence-electron chi connectivity index (χ1n) is 7.93. The van der Waals surface area contributed by atoms with Gasteiger partial charge >= 0.3 is 6.03 Å². The zero-order chi connectivity index (χ0) is 16.3. The molecule has 5 nitrogen and oxygen atoms in total. The number of hydrogen-bond donors (Lipinski definition) is 2. The van der Waals surface area contributed by atoms with E-state index in [9.17, 15) is 9.90 Å². The van der Waals surface area contributed by atoms with E-state index in [1.807, 2.05) is 17.2 Å². The van der Waals surface area contributed by atoms with E-state index in [4.69, 9.17) is 0 Å². The standard InChI is InChI=1S/C16H27N3O2S/c1-11(20)12-5-7-19(8-6-12)15(21)18-14-17-13(10-22-14)9-16(2,3)4/h10-12,20H,5-9H2,1-4H3,(H,17,18,21). The number of thiazole rings is 1. The molecule has 0 aromatic carbocycles. The van der Waals surface area contributed by atoms with E-state index in [1.54, 1.807) is 0 Å². The molecule has 1 unspecified atom stereocenters. The van der Waals surface area contributed by atoms with Crippen molar-refractivity contribution < 1.29 is 9.90 Å². The fourth-order valence-corrected chi connectivity index (χ4v) is 3.44. The lowest BCUT2D eigenvalue weighted by molar-refractivity contribution is 0.0820. The van der Waals surface area contributed by atoms with Crippen LogP contribution in [-0.4, -0.2) is 40.2 Å². The Kier molecular flexibility index (Phi) is 5.45. The molecule has 0 aliphatic carbocycles. The summed E-state index contributed by atoms with van der Waals surface area (Å²) in [4.78, 5) is 18.6. The number of urea groups is 1. The summed E-state index contributed by atoms with van der Waals surface area (Å²) in [6, 6.07) is -0.0827. The molecule has 1 saturated heterocycles. The highest BCUT2D eigenvalue weighted by Crippen LogP contribution is 2.25. The van der Waals surface area contributed by atoms with Gasteiger partial charge in [-0.25, -0.2) is 9.78 Å². The molecule has 2 rings (SSSR count). The van der Waals surface area contributed by atoms with Gasteiger partial charge in [-0.3, -0.25) is 5.32 Å². The van der Waals surface area contributed by atoms with Gasteiger partial charge in [0.2, 0.25) is 0 Å². The maximum absolute atomic E-state index is 12.3. The molecular weight excluding hydrogens is 298 g/mol. The number of nitrogens with zero attached hydrogens (tertiary/aromatic N) is 2. The van der Waals surface area contributed by atoms with Crippen molar-refractivity contribution in [2.75, 3.05) is 18.4 Å². The average molecular weight is 325 g/mol. The van der Waals surface area contributed by atoms with Crippen LogP contribution in [0.2, 0.25) is 0 Å². The summed E-state index contributed by atoms with van der Waals surface area (Å²) in [6.07, 6.45) is 2.33. The largest absolute Gasteiger partial charge is 0.393 e. The van der Waals surface area contributed by atoms with Crippen LogP contribution < -0.4 is 5.32 Å². The zero-order valence-corrected chi connectivity index (χ0v) is 14.7. The second-order valence-electron chi connectivity index (χ2n) is 7.38. The summed E-state index contributed by atoms with van der Waals surface area (Å²) in [5.41, 5.74) is 1.22. The minimum Gasteiger partial charge on any atom is -0.393 e. The van der Waals surface area contributed by atoms with Crippen molar-refractivity contribution in [2.45, 2.75) is 53.1 Å². The van der Waals surface area contributed by atoms with E-state index in [2.05, 4.69) is 31.1 Å². The third kappa shape index (κ3) is 4.95. The predicted octanol–water partition coefficient (Wildman–Crippen LogP) is 3.36. The maximum Gasteiger partial charge on any atom is 0.323 e. The molecule has 0 spiro atoms. The lowest BCUT2D eigenvalue weighted by atomic mass is 9.91. The molecule has 0 bridgehead atoms. The Morgan fingerprint density at radius 3 is 2.68 bits per heavy atom. The van der Waals surface area contributed by atoms with Crippen LogP contribution in [0.1, 0.15) is 46.2 Å². The number of aliphatic hydroxyl groups excluding tert-OH is 1. The van der Waals surface area contributed by atoms with E-state index in [0.29, 0.717) is 24.1 Å². The number of aliphatic hydroxyl groups is 1. The molecule has 22 heavy (non-hydrogen) atoms. The minimum atomic E-state index is -0.288. The van der Waals surface area contributed by atoms with Crippen molar-refractivity contribution in [1.29, 1.82) is 0 Å². The molecule has 1 fully saturated rings. The summed E-state index contributed by atoms with van der Waals surface area (Å²) in [5, 5.41) is 15.2. The Morgan fingerprint density at radius 1 is 1.50 bits per heavy atom. The maximum atomic E-state index is 12.3. The van der Waals surface area contributed by atoms with Crippen molar-refractivity contribution in [2.24, 2.45) is 11.3 Å². The summed E-state index contributed by atoms with van der Waals surface area (Å²) in [5.74, 6) is 0.308. The van der Waals surface area contributed by atoms with Crippen LogP contribution in [0, 0.1) is 11.3 Å². The quantitative estimate of drug-likeness (QED) is 0.895. The van der Waals surface area contributed by atoms with Gasteiger partial charge in [0, 0.05) is 18.5 Å². The van der Waals surface area contributed by atoms with Gasteiger partial charge in [0.1, 0.15) is 0 Å². The van der Waals surface area contributed by atoms with Gasteiger partial charge in [-0.05, 0) is 37.5 Å². The van der Waals surface area contributed by atoms with Crippen LogP contribution in [0.15, 0.2) is 5.38 Å². The number of carbonyl (C=O) groups is 1. The van der Waals surface area contributed by atoms with Crippen molar-refractivity contribution in [1.82, 2.24) is 9.88 Å². The van der Waals surface area contributed by atoms with Gasteiger partial charge < -0.3 is 10.0 Å². The number of nitrogens with one attached hydrogen (secondary N) is 1. The van der Waals surface area contributed by atoms with E-state index >= 15 is 0 Å². The van der Waals surface area contributed by atoms with Gasteiger partial charge in [0.25, 0.3) is 0 Å². The summed E-state index contributed by atoms with van der Waals surface area (Å²) in [7, 11) is 0. The van der Waals surface area contributed by atoms with Gasteiger partial charge in [0.15, 0.2) is 5.13 Å². The molecule has 2 amide bonds. The molecule has 1 atom stereocenters. The Morgan fingerprint density at radius 2 is 2.14 bits per heavy atom. The number of likely N-dealkylation sites (tertiary alicyclic amines) is 1. The molecule has 1 aliphatic rings. The highest BCUT2D eigenvalue weighted by atomic mass is 32.1. The first kappa shape index (κ1) is 17.2. The number of rotatable bonds is 3. The summed E-state index contributed by atoms with van der Waals surface area (Å²) < 4.78 is 0. The van der Waals surface area contributed by atoms with Gasteiger partial charge in [-0.1, -0.05) is 20.8 Å². The SMILES string of the molecule is CC(O)C1CCN(C(=O)Nc2nc(CC(C)(C)C)cs2)CC1. The van der Waals surface area contributed by atoms with Crippen LogP contribution in [0.4, 0.5) is 9.93 Å². The lowest BCUT2D eigenvalue weighted by Crippen LogP contribution is -2.42. The number of carbonyl (C=O) groups excluding carboxylic acids is 1. The molecular formula is C16H27N3O2S. The molecule has 2 heterocycles. The van der Waals surface area contributed by atoms with E-state index < -0.39 is 0 Å². The van der Waals surface area contributed by atoms with Gasteiger partial charge in [-0.2, -0.15) is 0 Å². The molecule has 1 aromatic heterocycles. The third-order valence-electron chi connectivity index (χ3n) is 3.99. The van der Waals surface area contributed by atoms with Crippen LogP contribution in [0.3, 0.4) is 0 Å². The number of anilines is 1. The monoisotopic (exact) mass is 325 g/mol. The number of amides is 2. The highest BCUT2D eigenvalue weighted by Gasteiger charge is 2.25. The first-order chi connectivity index (χ1) is 10.2. The topological polar surface area (TPSA) is 65.5 Å². The second-order valence-corrected chi connectivity index (χ2v) is 8.23. The summed E-state index contributed by atoms with van der Waals surface area (Å²) in [6.45, 7) is 9.75. The van der Waals surface area contributed by atoms with Crippen LogP contribution >= 0.6 is 11.3 Å². The normalized spacial score (nSPS) is 18.3. The minimum absolute atomic E-state index is 0.0827. The van der Waals surface area contributed by atoms with E-state index in [1.165, 1.54) is 11.3 Å². The molecule has 124 valence electrons. The number of piperidine rings is 1. The van der Waals surface area contributed by atoms with Gasteiger partial charge in [0.05, 0.1) is 11.8 Å². The lowest BCUT2D eigenvalue weighted by Gasteiger charge is -2.32. The Hall–Kier alpha value is -1.14. The molecule has 0 saturated carbocycles. The Labute approximate surface area is 136 Å². The Bertz CT molecular complexity index is 500. The Balaban J connectivity index is 1.85. The fraction of sp³-hybridized carbons (Fsp3) is 0.750. The van der Waals surface area contributed by atoms with Crippen molar-refractivity contribution >= 4 is 22.5 Å². The first-order valence-corrected chi connectivity index (χ1v) is 8.81. The van der Waals surface area contributed by atoms with Crippen LogP contribution in [-0.2, 0) is 6.42 Å². The van der Waals surface area contributed by atoms with E-state index in [-0.39, 0.29) is 17.6 Å². The number of aromatic nitrogens is 1. The van der Waals surface area contributed by atoms with Crippen LogP contribution in [0.25, 0.3) is 0 Å². The average Bonchev–Trinajstić information content (AvgIpc) is 2.83. The molecule has 1 aliphatic heterocycles. The smallest absolute Gasteiger partial charge is 0.323 e. The predicted molar refractivity (Wildman–Crippen MR) is 90.3 cm³/mol.